The van der Waals surface area contributed by atoms with Crippen molar-refractivity contribution in [2.45, 2.75) is 47.5 Å². The number of aromatic nitrogens is 2. The minimum Gasteiger partial charge on any atom is -0.396 e. The molecule has 0 aliphatic rings. The summed E-state index contributed by atoms with van der Waals surface area (Å²) < 4.78 is 0. The molecule has 0 bridgehead atoms. The molecule has 0 saturated carbocycles. The molecule has 0 unspecified atom stereocenters. The minimum absolute atomic E-state index is 0.0387. The van der Waals surface area contributed by atoms with Crippen molar-refractivity contribution in [2.75, 3.05) is 30.3 Å². The highest BCUT2D eigenvalue weighted by molar-refractivity contribution is 5.57. The molecule has 3 N–H and O–H groups in total. The van der Waals surface area contributed by atoms with Gasteiger partial charge in [-0.05, 0) is 32.1 Å². The molecule has 1 rings (SSSR count). The first kappa shape index (κ1) is 16.7. The van der Waals surface area contributed by atoms with Crippen molar-refractivity contribution in [3.05, 3.63) is 11.4 Å². The Hall–Kier alpha value is -1.36. The molecule has 0 aliphatic heterocycles. The smallest absolute Gasteiger partial charge is 0.134 e. The third kappa shape index (κ3) is 4.96. The summed E-state index contributed by atoms with van der Waals surface area (Å²) in [6.07, 6.45) is 1.83. The van der Waals surface area contributed by atoms with E-state index < -0.39 is 0 Å². The third-order valence-corrected chi connectivity index (χ3v) is 3.32. The van der Waals surface area contributed by atoms with E-state index in [0.717, 1.165) is 49.0 Å². The maximum Gasteiger partial charge on any atom is 0.134 e. The molecular formula is C15H28N4O. The standard InChI is InChI=1S/C15H28N4O/c1-6-8-16-13-11(2)14(19-12(3)18-13)17-10-15(4,5)7-9-20/h20H,6-10H2,1-5H3,(H2,16,17,18,19). The van der Waals surface area contributed by atoms with Crippen LogP contribution in [0.25, 0.3) is 0 Å². The van der Waals surface area contributed by atoms with Crippen molar-refractivity contribution in [1.82, 2.24) is 9.97 Å². The average Bonchev–Trinajstić information content (AvgIpc) is 2.37. The van der Waals surface area contributed by atoms with Crippen molar-refractivity contribution in [1.29, 1.82) is 0 Å². The first-order chi connectivity index (χ1) is 9.39. The predicted molar refractivity (Wildman–Crippen MR) is 84.3 cm³/mol. The fourth-order valence-corrected chi connectivity index (χ4v) is 1.93. The Morgan fingerprint density at radius 1 is 1.10 bits per heavy atom. The van der Waals surface area contributed by atoms with Crippen LogP contribution in [-0.2, 0) is 0 Å². The van der Waals surface area contributed by atoms with Gasteiger partial charge < -0.3 is 15.7 Å². The van der Waals surface area contributed by atoms with Crippen LogP contribution in [0.3, 0.4) is 0 Å². The van der Waals surface area contributed by atoms with E-state index in [4.69, 9.17) is 5.11 Å². The van der Waals surface area contributed by atoms with Crippen LogP contribution in [0.15, 0.2) is 0 Å². The van der Waals surface area contributed by atoms with Crippen LogP contribution in [0.4, 0.5) is 11.6 Å². The van der Waals surface area contributed by atoms with E-state index >= 15 is 0 Å². The SMILES string of the molecule is CCCNc1nc(C)nc(NCC(C)(C)CCO)c1C. The average molecular weight is 280 g/mol. The fourth-order valence-electron chi connectivity index (χ4n) is 1.93. The number of rotatable bonds is 8. The zero-order valence-electron chi connectivity index (χ0n) is 13.4. The van der Waals surface area contributed by atoms with Crippen molar-refractivity contribution in [3.63, 3.8) is 0 Å². The summed E-state index contributed by atoms with van der Waals surface area (Å²) in [5.74, 6) is 2.54. The largest absolute Gasteiger partial charge is 0.396 e. The number of hydrogen-bond donors (Lipinski definition) is 3. The van der Waals surface area contributed by atoms with Gasteiger partial charge in [-0.2, -0.15) is 0 Å². The lowest BCUT2D eigenvalue weighted by Gasteiger charge is -2.25. The molecule has 5 heteroatoms. The van der Waals surface area contributed by atoms with E-state index in [9.17, 15) is 0 Å². The van der Waals surface area contributed by atoms with E-state index in [1.165, 1.54) is 0 Å². The molecule has 1 heterocycles. The highest BCUT2D eigenvalue weighted by Gasteiger charge is 2.18. The first-order valence-electron chi connectivity index (χ1n) is 7.33. The predicted octanol–water partition coefficient (Wildman–Crippen LogP) is 2.74. The Morgan fingerprint density at radius 3 is 2.25 bits per heavy atom. The summed E-state index contributed by atoms with van der Waals surface area (Å²) in [6.45, 7) is 12.2. The van der Waals surface area contributed by atoms with Crippen LogP contribution in [0, 0.1) is 19.3 Å². The second kappa shape index (κ2) is 7.43. The molecule has 0 radical (unpaired) electrons. The molecule has 0 spiro atoms. The molecule has 0 fully saturated rings. The van der Waals surface area contributed by atoms with Crippen LogP contribution in [0.2, 0.25) is 0 Å². The topological polar surface area (TPSA) is 70.1 Å². The molecule has 0 amide bonds. The van der Waals surface area contributed by atoms with Gasteiger partial charge in [-0.3, -0.25) is 0 Å². The molecule has 20 heavy (non-hydrogen) atoms. The Bertz CT molecular complexity index is 432. The Balaban J connectivity index is 2.81. The number of anilines is 2. The Morgan fingerprint density at radius 2 is 1.70 bits per heavy atom. The third-order valence-electron chi connectivity index (χ3n) is 3.32. The van der Waals surface area contributed by atoms with E-state index in [2.05, 4.69) is 41.4 Å². The van der Waals surface area contributed by atoms with Gasteiger partial charge in [0.2, 0.25) is 0 Å². The van der Waals surface area contributed by atoms with Crippen molar-refractivity contribution in [3.8, 4) is 0 Å². The minimum atomic E-state index is 0.0387. The molecule has 1 aromatic rings. The maximum atomic E-state index is 9.08. The number of nitrogens with zero attached hydrogens (tertiary/aromatic N) is 2. The summed E-state index contributed by atoms with van der Waals surface area (Å²) in [5, 5.41) is 15.8. The summed E-state index contributed by atoms with van der Waals surface area (Å²) in [4.78, 5) is 8.93. The monoisotopic (exact) mass is 280 g/mol. The van der Waals surface area contributed by atoms with Crippen LogP contribution in [0.1, 0.15) is 45.0 Å². The molecule has 0 saturated heterocycles. The highest BCUT2D eigenvalue weighted by atomic mass is 16.3. The second-order valence-electron chi connectivity index (χ2n) is 6.01. The van der Waals surface area contributed by atoms with Crippen molar-refractivity contribution in [2.24, 2.45) is 5.41 Å². The summed E-state index contributed by atoms with van der Waals surface area (Å²) in [6, 6.07) is 0. The van der Waals surface area contributed by atoms with Crippen LogP contribution in [-0.4, -0.2) is 34.8 Å². The summed E-state index contributed by atoms with van der Waals surface area (Å²) >= 11 is 0. The molecular weight excluding hydrogens is 252 g/mol. The molecule has 0 atom stereocenters. The number of hydrogen-bond acceptors (Lipinski definition) is 5. The van der Waals surface area contributed by atoms with E-state index in [1.54, 1.807) is 0 Å². The molecule has 1 aromatic heterocycles. The molecule has 0 aromatic carbocycles. The number of aliphatic hydroxyl groups excluding tert-OH is 1. The lowest BCUT2D eigenvalue weighted by atomic mass is 9.90. The van der Waals surface area contributed by atoms with Crippen molar-refractivity contribution >= 4 is 11.6 Å². The van der Waals surface area contributed by atoms with Crippen LogP contribution >= 0.6 is 0 Å². The van der Waals surface area contributed by atoms with Gasteiger partial charge in [0.25, 0.3) is 0 Å². The van der Waals surface area contributed by atoms with Crippen LogP contribution < -0.4 is 10.6 Å². The summed E-state index contributed by atoms with van der Waals surface area (Å²) in [7, 11) is 0. The number of aliphatic hydroxyl groups is 1. The van der Waals surface area contributed by atoms with E-state index in [-0.39, 0.29) is 12.0 Å². The first-order valence-corrected chi connectivity index (χ1v) is 7.33. The number of aryl methyl sites for hydroxylation is 1. The quantitative estimate of drug-likeness (QED) is 0.683. The lowest BCUT2D eigenvalue weighted by molar-refractivity contribution is 0.220. The lowest BCUT2D eigenvalue weighted by Crippen LogP contribution is -2.25. The van der Waals surface area contributed by atoms with Gasteiger partial charge in [-0.25, -0.2) is 9.97 Å². The maximum absolute atomic E-state index is 9.08. The van der Waals surface area contributed by atoms with E-state index in [1.807, 2.05) is 13.8 Å². The Kier molecular flexibility index (Phi) is 6.20. The molecule has 5 nitrogen and oxygen atoms in total. The highest BCUT2D eigenvalue weighted by Crippen LogP contribution is 2.24. The zero-order chi connectivity index (χ0) is 15.2. The van der Waals surface area contributed by atoms with Gasteiger partial charge in [0, 0.05) is 25.3 Å². The fraction of sp³-hybridized carbons (Fsp3) is 0.733. The number of nitrogens with one attached hydrogen (secondary N) is 2. The van der Waals surface area contributed by atoms with Gasteiger partial charge in [0.15, 0.2) is 0 Å². The van der Waals surface area contributed by atoms with Gasteiger partial charge in [-0.1, -0.05) is 20.8 Å². The summed E-state index contributed by atoms with van der Waals surface area (Å²) in [5.41, 5.74) is 1.08. The zero-order valence-corrected chi connectivity index (χ0v) is 13.4. The normalized spacial score (nSPS) is 11.5. The van der Waals surface area contributed by atoms with Gasteiger partial charge in [-0.15, -0.1) is 0 Å². The van der Waals surface area contributed by atoms with Crippen LogP contribution in [0.5, 0.6) is 0 Å². The van der Waals surface area contributed by atoms with Crippen molar-refractivity contribution < 1.29 is 5.11 Å². The van der Waals surface area contributed by atoms with Gasteiger partial charge in [0.05, 0.1) is 0 Å². The molecule has 114 valence electrons. The Labute approximate surface area is 122 Å². The second-order valence-corrected chi connectivity index (χ2v) is 6.01. The molecule has 0 aliphatic carbocycles. The van der Waals surface area contributed by atoms with Gasteiger partial charge in [0.1, 0.15) is 17.5 Å². The van der Waals surface area contributed by atoms with E-state index in [0.29, 0.717) is 0 Å². The van der Waals surface area contributed by atoms with Gasteiger partial charge >= 0.3 is 0 Å².